The van der Waals surface area contributed by atoms with Crippen molar-refractivity contribution in [3.8, 4) is 0 Å². The lowest BCUT2D eigenvalue weighted by Crippen LogP contribution is -2.33. The number of anilines is 3. The maximum Gasteiger partial charge on any atom is 0.240 e. The van der Waals surface area contributed by atoms with Gasteiger partial charge in [0.1, 0.15) is 0 Å². The Kier molecular flexibility index (Phi) is 14.4. The number of nitrogens with one attached hydrogen (secondary N) is 4. The fourth-order valence-corrected chi connectivity index (χ4v) is 7.71. The van der Waals surface area contributed by atoms with Crippen LogP contribution in [0.4, 0.5) is 17.5 Å². The molecule has 3 aliphatic carbocycles. The number of fused-ring (bicyclic) bond motifs is 1. The average Bonchev–Trinajstić information content (AvgIpc) is 3.68. The van der Waals surface area contributed by atoms with Crippen LogP contribution in [0.25, 0.3) is 11.2 Å². The van der Waals surface area contributed by atoms with Crippen LogP contribution in [0.5, 0.6) is 0 Å². The Morgan fingerprint density at radius 1 is 0.761 bits per heavy atom. The van der Waals surface area contributed by atoms with Crippen LogP contribution in [0.15, 0.2) is 35.5 Å². The van der Waals surface area contributed by atoms with Gasteiger partial charge in [-0.25, -0.2) is 18.1 Å². The van der Waals surface area contributed by atoms with Crippen LogP contribution in [0.2, 0.25) is 0 Å². The van der Waals surface area contributed by atoms with Crippen molar-refractivity contribution in [2.24, 2.45) is 11.5 Å². The summed E-state index contributed by atoms with van der Waals surface area (Å²) in [5, 5.41) is 10.4. The Hall–Kier alpha value is -2.13. The monoisotopic (exact) mass is 718 g/mol. The van der Waals surface area contributed by atoms with Gasteiger partial charge in [-0.1, -0.05) is 12.8 Å². The number of benzene rings is 1. The molecule has 16 heteroatoms. The molecule has 2 aromatic heterocycles. The van der Waals surface area contributed by atoms with Crippen LogP contribution in [-0.2, 0) is 10.0 Å². The predicted molar refractivity (Wildman–Crippen MR) is 192 cm³/mol. The Labute approximate surface area is 290 Å². The minimum atomic E-state index is -3.66. The molecule has 0 bridgehead atoms. The fourth-order valence-electron chi connectivity index (χ4n) is 6.68. The normalized spacial score (nSPS) is 23.5. The van der Waals surface area contributed by atoms with Gasteiger partial charge in [-0.15, -0.1) is 37.2 Å². The molecular weight excluding hydrogens is 671 g/mol. The zero-order valence-corrected chi connectivity index (χ0v) is 29.3. The van der Waals surface area contributed by atoms with Gasteiger partial charge in [0, 0.05) is 49.0 Å². The summed E-state index contributed by atoms with van der Waals surface area (Å²) in [4.78, 5) is 14.6. The van der Waals surface area contributed by atoms with E-state index in [4.69, 9.17) is 21.4 Å². The quantitative estimate of drug-likeness (QED) is 0.149. The van der Waals surface area contributed by atoms with Crippen molar-refractivity contribution in [3.05, 3.63) is 30.6 Å². The van der Waals surface area contributed by atoms with Gasteiger partial charge in [0.2, 0.25) is 16.0 Å². The molecule has 3 aliphatic rings. The third-order valence-corrected chi connectivity index (χ3v) is 10.7. The lowest BCUT2D eigenvalue weighted by molar-refractivity contribution is 0.410. The molecule has 0 aliphatic heterocycles. The van der Waals surface area contributed by atoms with Crippen LogP contribution >= 0.6 is 37.2 Å². The molecule has 0 atom stereocenters. The molecule has 3 aromatic rings. The Morgan fingerprint density at radius 2 is 1.35 bits per heavy atom. The second-order valence-corrected chi connectivity index (χ2v) is 14.3. The van der Waals surface area contributed by atoms with E-state index in [0.717, 1.165) is 75.5 Å². The van der Waals surface area contributed by atoms with Gasteiger partial charge in [0.15, 0.2) is 17.0 Å². The zero-order valence-electron chi connectivity index (χ0n) is 26.1. The number of sulfonamides is 1. The maximum absolute atomic E-state index is 13.0. The van der Waals surface area contributed by atoms with E-state index in [-0.39, 0.29) is 60.7 Å². The standard InChI is InChI=1S/C30H46N10O2S.3ClH/c31-20-5-9-22(10-6-20)36-23-13-15-26(16-14-23)43(41,42)35-18-17-33-28-27-29(40(19-34-27)25-3-1-2-4-25)39-30(38-28)37-24-11-7-21(32)8-12-24;;;/h13-16,19-22,24-25,35-36H,1-12,17-18,31-32H2,(H2,33,37,38,39);3*1H. The number of hydrogen-bond donors (Lipinski definition) is 6. The molecule has 0 saturated heterocycles. The molecule has 2 heterocycles. The highest BCUT2D eigenvalue weighted by atomic mass is 35.5. The first-order chi connectivity index (χ1) is 20.8. The first-order valence-electron chi connectivity index (χ1n) is 16.0. The van der Waals surface area contributed by atoms with E-state index in [1.165, 1.54) is 12.8 Å². The SMILES string of the molecule is Cl.Cl.Cl.NC1CCC(Nc2ccc(S(=O)(=O)NCCNc3nc(NC4CCC(N)CC4)nc4c3ncn4C3CCCC3)cc2)CC1. The number of aromatic nitrogens is 4. The van der Waals surface area contributed by atoms with Gasteiger partial charge in [-0.2, -0.15) is 9.97 Å². The van der Waals surface area contributed by atoms with Gasteiger partial charge in [-0.05, 0) is 88.5 Å². The van der Waals surface area contributed by atoms with Crippen molar-refractivity contribution < 1.29 is 8.42 Å². The molecule has 1 aromatic carbocycles. The molecule has 0 unspecified atom stereocenters. The first-order valence-corrected chi connectivity index (χ1v) is 17.4. The largest absolute Gasteiger partial charge is 0.382 e. The number of hydrogen-bond acceptors (Lipinski definition) is 10. The van der Waals surface area contributed by atoms with Crippen LogP contribution in [0.3, 0.4) is 0 Å². The summed E-state index contributed by atoms with van der Waals surface area (Å²) in [6.07, 6.45) is 14.6. The summed E-state index contributed by atoms with van der Waals surface area (Å²) in [6.45, 7) is 0.547. The molecule has 258 valence electrons. The van der Waals surface area contributed by atoms with Crippen LogP contribution < -0.4 is 32.1 Å². The molecule has 6 rings (SSSR count). The molecule has 3 saturated carbocycles. The van der Waals surface area contributed by atoms with Gasteiger partial charge in [0.25, 0.3) is 0 Å². The van der Waals surface area contributed by atoms with Crippen molar-refractivity contribution in [1.82, 2.24) is 24.2 Å². The molecule has 12 nitrogen and oxygen atoms in total. The van der Waals surface area contributed by atoms with Gasteiger partial charge in [0.05, 0.1) is 11.2 Å². The van der Waals surface area contributed by atoms with E-state index in [9.17, 15) is 8.42 Å². The van der Waals surface area contributed by atoms with E-state index < -0.39 is 10.0 Å². The smallest absolute Gasteiger partial charge is 0.240 e. The van der Waals surface area contributed by atoms with Crippen molar-refractivity contribution in [3.63, 3.8) is 0 Å². The predicted octanol–water partition coefficient (Wildman–Crippen LogP) is 4.96. The topological polar surface area (TPSA) is 178 Å². The third kappa shape index (κ3) is 9.48. The van der Waals surface area contributed by atoms with Crippen LogP contribution in [0, 0.1) is 0 Å². The van der Waals surface area contributed by atoms with E-state index in [0.29, 0.717) is 42.0 Å². The van der Waals surface area contributed by atoms with E-state index in [1.54, 1.807) is 12.1 Å². The lowest BCUT2D eigenvalue weighted by atomic mass is 9.92. The Bertz CT molecular complexity index is 1470. The Morgan fingerprint density at radius 3 is 1.96 bits per heavy atom. The van der Waals surface area contributed by atoms with Crippen molar-refractivity contribution >= 4 is 75.9 Å². The number of rotatable bonds is 11. The highest BCUT2D eigenvalue weighted by molar-refractivity contribution is 7.89. The highest BCUT2D eigenvalue weighted by Crippen LogP contribution is 2.33. The molecule has 0 spiro atoms. The molecular formula is C30H49Cl3N10O2S. The molecule has 8 N–H and O–H groups in total. The lowest BCUT2D eigenvalue weighted by Gasteiger charge is -2.27. The van der Waals surface area contributed by atoms with E-state index in [2.05, 4.69) is 30.2 Å². The van der Waals surface area contributed by atoms with Gasteiger partial charge < -0.3 is 32.0 Å². The minimum absolute atomic E-state index is 0. The molecule has 0 amide bonds. The second kappa shape index (κ2) is 17.3. The van der Waals surface area contributed by atoms with E-state index in [1.807, 2.05) is 18.5 Å². The number of imidazole rings is 1. The fraction of sp³-hybridized carbons (Fsp3) is 0.633. The van der Waals surface area contributed by atoms with Crippen molar-refractivity contribution in [2.45, 2.75) is 112 Å². The highest BCUT2D eigenvalue weighted by Gasteiger charge is 2.24. The zero-order chi connectivity index (χ0) is 29.8. The molecule has 3 fully saturated rings. The Balaban J connectivity index is 0.00000192. The second-order valence-electron chi connectivity index (χ2n) is 12.5. The minimum Gasteiger partial charge on any atom is -0.382 e. The van der Waals surface area contributed by atoms with E-state index >= 15 is 0 Å². The van der Waals surface area contributed by atoms with Gasteiger partial charge >= 0.3 is 0 Å². The third-order valence-electron chi connectivity index (χ3n) is 9.26. The van der Waals surface area contributed by atoms with Gasteiger partial charge in [-0.3, -0.25) is 0 Å². The molecule has 46 heavy (non-hydrogen) atoms. The average molecular weight is 720 g/mol. The molecule has 0 radical (unpaired) electrons. The van der Waals surface area contributed by atoms with Crippen molar-refractivity contribution in [1.29, 1.82) is 0 Å². The number of nitrogens with two attached hydrogens (primary N) is 2. The number of halogens is 3. The summed E-state index contributed by atoms with van der Waals surface area (Å²) >= 11 is 0. The first kappa shape index (κ1) is 38.3. The van der Waals surface area contributed by atoms with Crippen molar-refractivity contribution in [2.75, 3.05) is 29.0 Å². The summed E-state index contributed by atoms with van der Waals surface area (Å²) in [6, 6.07) is 8.55. The van der Waals surface area contributed by atoms with Crippen LogP contribution in [-0.4, -0.2) is 65.2 Å². The summed E-state index contributed by atoms with van der Waals surface area (Å²) < 4.78 is 30.9. The van der Waals surface area contributed by atoms with Crippen LogP contribution in [0.1, 0.15) is 83.1 Å². The summed E-state index contributed by atoms with van der Waals surface area (Å²) in [5.74, 6) is 1.18. The maximum atomic E-state index is 13.0. The number of nitrogens with zero attached hydrogens (tertiary/aromatic N) is 4. The summed E-state index contributed by atoms with van der Waals surface area (Å²) in [7, 11) is -3.66. The summed E-state index contributed by atoms with van der Waals surface area (Å²) in [5.41, 5.74) is 14.6.